The Morgan fingerprint density at radius 2 is 1.89 bits per heavy atom. The second kappa shape index (κ2) is 6.85. The lowest BCUT2D eigenvalue weighted by molar-refractivity contribution is 0.0503. The molecule has 2 unspecified atom stereocenters. The fourth-order valence-corrected chi connectivity index (χ4v) is 3.42. The minimum atomic E-state index is 0.750. The summed E-state index contributed by atoms with van der Waals surface area (Å²) in [5.41, 5.74) is 0. The summed E-state index contributed by atoms with van der Waals surface area (Å²) < 4.78 is 0. The molecule has 1 N–H and O–H groups in total. The van der Waals surface area contributed by atoms with Gasteiger partial charge >= 0.3 is 0 Å². The van der Waals surface area contributed by atoms with Crippen molar-refractivity contribution in [2.45, 2.75) is 19.4 Å². The van der Waals surface area contributed by atoms with Crippen molar-refractivity contribution in [2.24, 2.45) is 5.92 Å². The van der Waals surface area contributed by atoms with E-state index in [-0.39, 0.29) is 0 Å². The van der Waals surface area contributed by atoms with Crippen LogP contribution in [0.2, 0.25) is 0 Å². The smallest absolute Gasteiger partial charge is 0.0262 e. The Kier molecular flexibility index (Phi) is 5.42. The first-order valence-electron chi connectivity index (χ1n) is 7.52. The summed E-state index contributed by atoms with van der Waals surface area (Å²) in [7, 11) is 4.40. The van der Waals surface area contributed by atoms with Crippen molar-refractivity contribution in [1.29, 1.82) is 0 Å². The topological polar surface area (TPSA) is 21.8 Å². The number of nitrogens with one attached hydrogen (secondary N) is 1. The molecule has 2 rings (SSSR count). The third-order valence-electron chi connectivity index (χ3n) is 4.51. The average molecular weight is 254 g/mol. The van der Waals surface area contributed by atoms with Gasteiger partial charge in [-0.1, -0.05) is 6.92 Å². The highest BCUT2D eigenvalue weighted by molar-refractivity contribution is 4.89. The summed E-state index contributed by atoms with van der Waals surface area (Å²) in [6, 6.07) is 0.750. The van der Waals surface area contributed by atoms with E-state index in [9.17, 15) is 0 Å². The van der Waals surface area contributed by atoms with E-state index >= 15 is 0 Å². The molecular weight excluding hydrogens is 224 g/mol. The lowest BCUT2D eigenvalue weighted by Crippen LogP contribution is -2.58. The van der Waals surface area contributed by atoms with Crippen molar-refractivity contribution in [1.82, 2.24) is 20.0 Å². The normalized spacial score (nSPS) is 32.0. The molecule has 2 fully saturated rings. The Bertz CT molecular complexity index is 236. The molecule has 2 aliphatic heterocycles. The maximum Gasteiger partial charge on any atom is 0.0262 e. The van der Waals surface area contributed by atoms with Gasteiger partial charge in [-0.05, 0) is 39.5 Å². The Hall–Kier alpha value is -0.160. The number of likely N-dealkylation sites (N-methyl/N-ethyl adjacent to an activating group) is 1. The number of hydrogen-bond donors (Lipinski definition) is 1. The molecule has 2 atom stereocenters. The van der Waals surface area contributed by atoms with Gasteiger partial charge in [0.1, 0.15) is 0 Å². The minimum Gasteiger partial charge on any atom is -0.315 e. The van der Waals surface area contributed by atoms with Crippen LogP contribution in [0.4, 0.5) is 0 Å². The van der Waals surface area contributed by atoms with Gasteiger partial charge in [-0.2, -0.15) is 0 Å². The van der Waals surface area contributed by atoms with Crippen LogP contribution in [-0.4, -0.2) is 87.2 Å². The van der Waals surface area contributed by atoms with Crippen LogP contribution in [-0.2, 0) is 0 Å². The Morgan fingerprint density at radius 3 is 2.50 bits per heavy atom. The summed E-state index contributed by atoms with van der Waals surface area (Å²) in [4.78, 5) is 7.64. The third-order valence-corrected chi connectivity index (χ3v) is 4.51. The van der Waals surface area contributed by atoms with E-state index in [1.54, 1.807) is 0 Å². The highest BCUT2D eigenvalue weighted by atomic mass is 15.3. The molecule has 0 spiro atoms. The molecule has 2 heterocycles. The zero-order valence-electron chi connectivity index (χ0n) is 12.4. The molecule has 0 aromatic carbocycles. The number of hydrogen-bond acceptors (Lipinski definition) is 4. The van der Waals surface area contributed by atoms with Gasteiger partial charge < -0.3 is 15.1 Å². The number of piperazine rings is 1. The van der Waals surface area contributed by atoms with Crippen LogP contribution < -0.4 is 5.32 Å². The van der Waals surface area contributed by atoms with E-state index in [2.05, 4.69) is 41.0 Å². The van der Waals surface area contributed by atoms with Gasteiger partial charge in [-0.25, -0.2) is 0 Å². The van der Waals surface area contributed by atoms with E-state index in [0.29, 0.717) is 0 Å². The summed E-state index contributed by atoms with van der Waals surface area (Å²) in [6.45, 7) is 12.1. The molecule has 4 heteroatoms. The summed E-state index contributed by atoms with van der Waals surface area (Å²) in [5, 5.41) is 3.59. The second-order valence-electron chi connectivity index (χ2n) is 6.05. The highest BCUT2D eigenvalue weighted by Crippen LogP contribution is 2.20. The fourth-order valence-electron chi connectivity index (χ4n) is 3.42. The molecule has 0 bridgehead atoms. The molecule has 0 radical (unpaired) electrons. The van der Waals surface area contributed by atoms with Gasteiger partial charge in [0.25, 0.3) is 0 Å². The van der Waals surface area contributed by atoms with Crippen molar-refractivity contribution >= 4 is 0 Å². The van der Waals surface area contributed by atoms with Gasteiger partial charge in [-0.3, -0.25) is 4.90 Å². The molecule has 18 heavy (non-hydrogen) atoms. The third kappa shape index (κ3) is 3.67. The summed E-state index contributed by atoms with van der Waals surface area (Å²) in [5.74, 6) is 0.842. The molecule has 2 aliphatic rings. The predicted octanol–water partition coefficient (Wildman–Crippen LogP) is 0.164. The van der Waals surface area contributed by atoms with Crippen LogP contribution in [0.25, 0.3) is 0 Å². The summed E-state index contributed by atoms with van der Waals surface area (Å²) >= 11 is 0. The standard InChI is InChI=1S/C14H30N4/c1-4-17-7-9-18(10-8-17)14-11-15-6-5-13(14)12-16(2)3/h13-15H,4-12H2,1-3H3. The van der Waals surface area contributed by atoms with E-state index in [1.165, 1.54) is 58.8 Å². The van der Waals surface area contributed by atoms with Crippen molar-refractivity contribution in [3.63, 3.8) is 0 Å². The predicted molar refractivity (Wildman–Crippen MR) is 77.0 cm³/mol. The fraction of sp³-hybridized carbons (Fsp3) is 1.00. The maximum atomic E-state index is 3.59. The summed E-state index contributed by atoms with van der Waals surface area (Å²) in [6.07, 6.45) is 1.33. The van der Waals surface area contributed by atoms with Gasteiger partial charge in [0.2, 0.25) is 0 Å². The van der Waals surface area contributed by atoms with Gasteiger partial charge in [0.15, 0.2) is 0 Å². The molecule has 2 saturated heterocycles. The molecule has 0 saturated carbocycles. The molecule has 0 aromatic heterocycles. The van der Waals surface area contributed by atoms with Crippen molar-refractivity contribution in [3.8, 4) is 0 Å². The maximum absolute atomic E-state index is 3.59. The van der Waals surface area contributed by atoms with Gasteiger partial charge in [-0.15, -0.1) is 0 Å². The van der Waals surface area contributed by atoms with E-state index in [1.807, 2.05) is 0 Å². The molecule has 0 aromatic rings. The first-order valence-corrected chi connectivity index (χ1v) is 7.52. The first kappa shape index (κ1) is 14.3. The Labute approximate surface area is 112 Å². The molecule has 4 nitrogen and oxygen atoms in total. The largest absolute Gasteiger partial charge is 0.315 e. The monoisotopic (exact) mass is 254 g/mol. The van der Waals surface area contributed by atoms with E-state index in [0.717, 1.165) is 12.0 Å². The van der Waals surface area contributed by atoms with Crippen molar-refractivity contribution in [3.05, 3.63) is 0 Å². The van der Waals surface area contributed by atoms with Gasteiger partial charge in [0.05, 0.1) is 0 Å². The van der Waals surface area contributed by atoms with E-state index < -0.39 is 0 Å². The van der Waals surface area contributed by atoms with Crippen LogP contribution >= 0.6 is 0 Å². The minimum absolute atomic E-state index is 0.750. The number of nitrogens with zero attached hydrogens (tertiary/aromatic N) is 3. The second-order valence-corrected chi connectivity index (χ2v) is 6.05. The molecular formula is C14H30N4. The number of rotatable bonds is 4. The lowest BCUT2D eigenvalue weighted by Gasteiger charge is -2.45. The van der Waals surface area contributed by atoms with Crippen LogP contribution in [0.3, 0.4) is 0 Å². The number of piperidine rings is 1. The van der Waals surface area contributed by atoms with Crippen molar-refractivity contribution < 1.29 is 0 Å². The zero-order valence-corrected chi connectivity index (χ0v) is 12.4. The van der Waals surface area contributed by atoms with Crippen molar-refractivity contribution in [2.75, 3.05) is 66.5 Å². The molecule has 0 aliphatic carbocycles. The average Bonchev–Trinajstić information content (AvgIpc) is 2.39. The van der Waals surface area contributed by atoms with Crippen LogP contribution in [0, 0.1) is 5.92 Å². The van der Waals surface area contributed by atoms with Crippen LogP contribution in [0.1, 0.15) is 13.3 Å². The quantitative estimate of drug-likeness (QED) is 0.772. The molecule has 0 amide bonds. The highest BCUT2D eigenvalue weighted by Gasteiger charge is 2.31. The van der Waals surface area contributed by atoms with E-state index in [4.69, 9.17) is 0 Å². The first-order chi connectivity index (χ1) is 8.70. The van der Waals surface area contributed by atoms with Gasteiger partial charge in [0, 0.05) is 45.3 Å². The van der Waals surface area contributed by atoms with Crippen LogP contribution in [0.15, 0.2) is 0 Å². The van der Waals surface area contributed by atoms with Crippen LogP contribution in [0.5, 0.6) is 0 Å². The Balaban J connectivity index is 1.88. The SMILES string of the molecule is CCN1CCN(C2CNCCC2CN(C)C)CC1. The zero-order chi connectivity index (χ0) is 13.0. The molecule has 106 valence electrons. The Morgan fingerprint density at radius 1 is 1.17 bits per heavy atom. The lowest BCUT2D eigenvalue weighted by atomic mass is 9.90.